The molecule has 0 bridgehead atoms. The SMILES string of the molecule is COc1cccc(C=O)c1OCCCCN1CCC(C)CC1. The van der Waals surface area contributed by atoms with Crippen molar-refractivity contribution in [3.05, 3.63) is 23.8 Å². The van der Waals surface area contributed by atoms with Crippen LogP contribution in [0.2, 0.25) is 0 Å². The number of unbranched alkanes of at least 4 members (excludes halogenated alkanes) is 1. The quantitative estimate of drug-likeness (QED) is 0.545. The lowest BCUT2D eigenvalue weighted by molar-refractivity contribution is 0.111. The number of para-hydroxylation sites is 1. The first-order valence-electron chi connectivity index (χ1n) is 8.22. The van der Waals surface area contributed by atoms with Crippen LogP contribution in [0.1, 0.15) is 43.0 Å². The van der Waals surface area contributed by atoms with Crippen LogP contribution in [-0.4, -0.2) is 44.5 Å². The van der Waals surface area contributed by atoms with E-state index in [2.05, 4.69) is 11.8 Å². The van der Waals surface area contributed by atoms with Gasteiger partial charge in [0.2, 0.25) is 0 Å². The first kappa shape index (κ1) is 16.8. The molecule has 4 nitrogen and oxygen atoms in total. The molecule has 0 atom stereocenters. The molecule has 0 unspecified atom stereocenters. The van der Waals surface area contributed by atoms with Crippen molar-refractivity contribution in [3.63, 3.8) is 0 Å². The fourth-order valence-electron chi connectivity index (χ4n) is 2.84. The van der Waals surface area contributed by atoms with Gasteiger partial charge in [0.1, 0.15) is 0 Å². The van der Waals surface area contributed by atoms with Gasteiger partial charge in [0.05, 0.1) is 19.3 Å². The second-order valence-corrected chi connectivity index (χ2v) is 6.08. The number of hydrogen-bond donors (Lipinski definition) is 0. The highest BCUT2D eigenvalue weighted by Gasteiger charge is 2.15. The van der Waals surface area contributed by atoms with Gasteiger partial charge in [-0.25, -0.2) is 0 Å². The van der Waals surface area contributed by atoms with E-state index in [1.165, 1.54) is 25.9 Å². The number of ether oxygens (including phenoxy) is 2. The third-order valence-corrected chi connectivity index (χ3v) is 4.35. The number of methoxy groups -OCH3 is 1. The number of carbonyl (C=O) groups is 1. The minimum Gasteiger partial charge on any atom is -0.493 e. The van der Waals surface area contributed by atoms with Crippen LogP contribution in [0.15, 0.2) is 18.2 Å². The smallest absolute Gasteiger partial charge is 0.171 e. The zero-order valence-electron chi connectivity index (χ0n) is 13.7. The summed E-state index contributed by atoms with van der Waals surface area (Å²) in [5, 5.41) is 0. The molecule has 4 heteroatoms. The van der Waals surface area contributed by atoms with E-state index in [0.717, 1.165) is 31.6 Å². The summed E-state index contributed by atoms with van der Waals surface area (Å²) in [6.45, 7) is 6.55. The fraction of sp³-hybridized carbons (Fsp3) is 0.611. The molecule has 0 saturated carbocycles. The predicted molar refractivity (Wildman–Crippen MR) is 87.9 cm³/mol. The monoisotopic (exact) mass is 305 g/mol. The van der Waals surface area contributed by atoms with E-state index in [1.54, 1.807) is 19.2 Å². The van der Waals surface area contributed by atoms with Crippen molar-refractivity contribution in [2.45, 2.75) is 32.6 Å². The van der Waals surface area contributed by atoms with E-state index >= 15 is 0 Å². The van der Waals surface area contributed by atoms with Crippen molar-refractivity contribution >= 4 is 6.29 Å². The van der Waals surface area contributed by atoms with E-state index in [1.807, 2.05) is 6.07 Å². The van der Waals surface area contributed by atoms with Crippen LogP contribution in [0.4, 0.5) is 0 Å². The molecular formula is C18H27NO3. The first-order chi connectivity index (χ1) is 10.7. The van der Waals surface area contributed by atoms with Gasteiger partial charge in [-0.3, -0.25) is 4.79 Å². The molecule has 1 heterocycles. The highest BCUT2D eigenvalue weighted by molar-refractivity contribution is 5.81. The van der Waals surface area contributed by atoms with E-state index in [0.29, 0.717) is 23.7 Å². The van der Waals surface area contributed by atoms with Gasteiger partial charge in [-0.1, -0.05) is 13.0 Å². The second kappa shape index (κ2) is 8.79. The van der Waals surface area contributed by atoms with Crippen molar-refractivity contribution < 1.29 is 14.3 Å². The largest absolute Gasteiger partial charge is 0.493 e. The van der Waals surface area contributed by atoms with E-state index in [4.69, 9.17) is 9.47 Å². The van der Waals surface area contributed by atoms with Gasteiger partial charge >= 0.3 is 0 Å². The molecule has 0 radical (unpaired) electrons. The topological polar surface area (TPSA) is 38.8 Å². The molecule has 1 aromatic carbocycles. The number of likely N-dealkylation sites (tertiary alicyclic amines) is 1. The van der Waals surface area contributed by atoms with Crippen molar-refractivity contribution in [3.8, 4) is 11.5 Å². The number of benzene rings is 1. The normalized spacial score (nSPS) is 16.5. The molecule has 2 rings (SSSR count). The highest BCUT2D eigenvalue weighted by Crippen LogP contribution is 2.30. The summed E-state index contributed by atoms with van der Waals surface area (Å²) in [6.07, 6.45) is 5.57. The highest BCUT2D eigenvalue weighted by atomic mass is 16.5. The molecular weight excluding hydrogens is 278 g/mol. The van der Waals surface area contributed by atoms with Crippen LogP contribution in [-0.2, 0) is 0 Å². The second-order valence-electron chi connectivity index (χ2n) is 6.08. The standard InChI is InChI=1S/C18H27NO3/c1-15-8-11-19(12-9-15)10-3-4-13-22-18-16(14-20)6-5-7-17(18)21-2/h5-7,14-15H,3-4,8-13H2,1-2H3. The molecule has 1 aromatic rings. The van der Waals surface area contributed by atoms with Crippen LogP contribution in [0.5, 0.6) is 11.5 Å². The Morgan fingerprint density at radius 3 is 2.73 bits per heavy atom. The number of hydrogen-bond acceptors (Lipinski definition) is 4. The van der Waals surface area contributed by atoms with Crippen LogP contribution >= 0.6 is 0 Å². The fourth-order valence-corrected chi connectivity index (χ4v) is 2.84. The van der Waals surface area contributed by atoms with Crippen LogP contribution in [0.3, 0.4) is 0 Å². The Balaban J connectivity index is 1.71. The summed E-state index contributed by atoms with van der Waals surface area (Å²) in [4.78, 5) is 13.6. The number of carbonyl (C=O) groups excluding carboxylic acids is 1. The molecule has 0 aliphatic carbocycles. The molecule has 0 spiro atoms. The average Bonchev–Trinajstić information content (AvgIpc) is 2.56. The van der Waals surface area contributed by atoms with Crippen molar-refractivity contribution in [1.29, 1.82) is 0 Å². The van der Waals surface area contributed by atoms with E-state index < -0.39 is 0 Å². The van der Waals surface area contributed by atoms with Gasteiger partial charge in [0.25, 0.3) is 0 Å². The molecule has 1 fully saturated rings. The number of rotatable bonds is 8. The van der Waals surface area contributed by atoms with Gasteiger partial charge in [-0.15, -0.1) is 0 Å². The third kappa shape index (κ3) is 4.73. The number of aldehydes is 1. The van der Waals surface area contributed by atoms with Crippen molar-refractivity contribution in [1.82, 2.24) is 4.90 Å². The van der Waals surface area contributed by atoms with Crippen LogP contribution in [0.25, 0.3) is 0 Å². The molecule has 1 aliphatic heterocycles. The Kier molecular flexibility index (Phi) is 6.72. The summed E-state index contributed by atoms with van der Waals surface area (Å²) in [6, 6.07) is 5.36. The lowest BCUT2D eigenvalue weighted by Crippen LogP contribution is -2.33. The Hall–Kier alpha value is -1.55. The lowest BCUT2D eigenvalue weighted by atomic mass is 9.99. The summed E-state index contributed by atoms with van der Waals surface area (Å²) in [7, 11) is 1.59. The average molecular weight is 305 g/mol. The molecule has 1 aliphatic rings. The molecule has 122 valence electrons. The van der Waals surface area contributed by atoms with Gasteiger partial charge in [0, 0.05) is 0 Å². The zero-order chi connectivity index (χ0) is 15.8. The Morgan fingerprint density at radius 2 is 2.05 bits per heavy atom. The van der Waals surface area contributed by atoms with Crippen molar-refractivity contribution in [2.24, 2.45) is 5.92 Å². The maximum atomic E-state index is 11.1. The van der Waals surface area contributed by atoms with Crippen molar-refractivity contribution in [2.75, 3.05) is 33.4 Å². The molecule has 1 saturated heterocycles. The third-order valence-electron chi connectivity index (χ3n) is 4.35. The van der Waals surface area contributed by atoms with Gasteiger partial charge < -0.3 is 14.4 Å². The number of nitrogens with zero attached hydrogens (tertiary/aromatic N) is 1. The first-order valence-corrected chi connectivity index (χ1v) is 8.22. The Morgan fingerprint density at radius 1 is 1.27 bits per heavy atom. The summed E-state index contributed by atoms with van der Waals surface area (Å²) < 4.78 is 11.0. The Labute approximate surface area is 133 Å². The van der Waals surface area contributed by atoms with Gasteiger partial charge in [-0.2, -0.15) is 0 Å². The van der Waals surface area contributed by atoms with Crippen LogP contribution in [0, 0.1) is 5.92 Å². The summed E-state index contributed by atoms with van der Waals surface area (Å²) in [5.74, 6) is 2.06. The maximum Gasteiger partial charge on any atom is 0.171 e. The zero-order valence-corrected chi connectivity index (χ0v) is 13.7. The van der Waals surface area contributed by atoms with Gasteiger partial charge in [-0.05, 0) is 63.4 Å². The molecule has 0 amide bonds. The molecule has 22 heavy (non-hydrogen) atoms. The lowest BCUT2D eigenvalue weighted by Gasteiger charge is -2.30. The minimum atomic E-state index is 0.546. The van der Waals surface area contributed by atoms with Gasteiger partial charge in [0.15, 0.2) is 17.8 Å². The maximum absolute atomic E-state index is 11.1. The predicted octanol–water partition coefficient (Wildman–Crippen LogP) is 3.40. The van der Waals surface area contributed by atoms with Crippen LogP contribution < -0.4 is 9.47 Å². The van der Waals surface area contributed by atoms with E-state index in [9.17, 15) is 4.79 Å². The molecule has 0 N–H and O–H groups in total. The summed E-state index contributed by atoms with van der Waals surface area (Å²) in [5.41, 5.74) is 0.546. The number of piperidine rings is 1. The van der Waals surface area contributed by atoms with E-state index in [-0.39, 0.29) is 0 Å². The molecule has 0 aromatic heterocycles. The Bertz CT molecular complexity index is 467. The minimum absolute atomic E-state index is 0.546. The summed E-state index contributed by atoms with van der Waals surface area (Å²) >= 11 is 0.